The summed E-state index contributed by atoms with van der Waals surface area (Å²) in [6.45, 7) is 4.12. The lowest BCUT2D eigenvalue weighted by Crippen LogP contribution is -2.48. The standard InChI is InChI=1S/C17H23N3O2/c1-13-5-4-10-20(12-13)16(22)17(7-8-17)15(21)19-11-14-6-2-3-9-18-14/h2-3,6,9,13H,4-5,7-8,10-12H2,1H3,(H,19,21). The van der Waals surface area contributed by atoms with Crippen LogP contribution < -0.4 is 5.32 Å². The second kappa shape index (κ2) is 6.07. The van der Waals surface area contributed by atoms with Gasteiger partial charge in [-0.25, -0.2) is 0 Å². The third-order valence-electron chi connectivity index (χ3n) is 4.69. The summed E-state index contributed by atoms with van der Waals surface area (Å²) in [5, 5.41) is 2.88. The van der Waals surface area contributed by atoms with Crippen LogP contribution in [0.2, 0.25) is 0 Å². The van der Waals surface area contributed by atoms with Gasteiger partial charge in [0.2, 0.25) is 11.8 Å². The molecule has 1 saturated carbocycles. The molecule has 22 heavy (non-hydrogen) atoms. The molecule has 1 aliphatic carbocycles. The molecule has 1 atom stereocenters. The molecule has 2 fully saturated rings. The maximum atomic E-state index is 12.7. The summed E-state index contributed by atoms with van der Waals surface area (Å²) in [4.78, 5) is 31.3. The van der Waals surface area contributed by atoms with E-state index in [1.807, 2.05) is 23.1 Å². The van der Waals surface area contributed by atoms with Crippen LogP contribution >= 0.6 is 0 Å². The molecule has 0 radical (unpaired) electrons. The Balaban J connectivity index is 1.60. The summed E-state index contributed by atoms with van der Waals surface area (Å²) < 4.78 is 0. The van der Waals surface area contributed by atoms with E-state index >= 15 is 0 Å². The van der Waals surface area contributed by atoms with Crippen LogP contribution in [0, 0.1) is 11.3 Å². The minimum absolute atomic E-state index is 0.0255. The van der Waals surface area contributed by atoms with Gasteiger partial charge >= 0.3 is 0 Å². The van der Waals surface area contributed by atoms with Gasteiger partial charge in [0.1, 0.15) is 5.41 Å². The minimum atomic E-state index is -0.800. The first-order valence-corrected chi connectivity index (χ1v) is 8.09. The smallest absolute Gasteiger partial charge is 0.238 e. The van der Waals surface area contributed by atoms with Crippen molar-refractivity contribution in [2.75, 3.05) is 13.1 Å². The first-order chi connectivity index (χ1) is 10.6. The largest absolute Gasteiger partial charge is 0.350 e. The van der Waals surface area contributed by atoms with Gasteiger partial charge in [-0.05, 0) is 43.7 Å². The lowest BCUT2D eigenvalue weighted by Gasteiger charge is -2.33. The Labute approximate surface area is 131 Å². The maximum Gasteiger partial charge on any atom is 0.238 e. The van der Waals surface area contributed by atoms with Gasteiger partial charge in [-0.1, -0.05) is 13.0 Å². The second-order valence-electron chi connectivity index (χ2n) is 6.58. The predicted octanol–water partition coefficient (Wildman–Crippen LogP) is 1.74. The first-order valence-electron chi connectivity index (χ1n) is 8.09. The molecule has 5 nitrogen and oxygen atoms in total. The topological polar surface area (TPSA) is 62.3 Å². The third-order valence-corrected chi connectivity index (χ3v) is 4.69. The number of carbonyl (C=O) groups is 2. The monoisotopic (exact) mass is 301 g/mol. The first kappa shape index (κ1) is 15.0. The highest BCUT2D eigenvalue weighted by Crippen LogP contribution is 2.48. The highest BCUT2D eigenvalue weighted by Gasteiger charge is 2.58. The molecule has 1 N–H and O–H groups in total. The van der Waals surface area contributed by atoms with E-state index < -0.39 is 5.41 Å². The molecular weight excluding hydrogens is 278 g/mol. The quantitative estimate of drug-likeness (QED) is 0.862. The molecule has 118 valence electrons. The normalized spacial score (nSPS) is 23.0. The van der Waals surface area contributed by atoms with Crippen LogP contribution in [0.5, 0.6) is 0 Å². The Hall–Kier alpha value is -1.91. The van der Waals surface area contributed by atoms with Crippen molar-refractivity contribution in [1.82, 2.24) is 15.2 Å². The molecule has 2 amide bonds. The van der Waals surface area contributed by atoms with Crippen LogP contribution in [0.25, 0.3) is 0 Å². The molecule has 1 aromatic rings. The van der Waals surface area contributed by atoms with Crippen LogP contribution in [0.15, 0.2) is 24.4 Å². The van der Waals surface area contributed by atoms with E-state index in [1.54, 1.807) is 6.20 Å². The van der Waals surface area contributed by atoms with Gasteiger partial charge in [0.25, 0.3) is 0 Å². The molecule has 0 aromatic carbocycles. The number of aromatic nitrogens is 1. The van der Waals surface area contributed by atoms with Crippen molar-refractivity contribution in [3.8, 4) is 0 Å². The van der Waals surface area contributed by atoms with Crippen LogP contribution in [-0.4, -0.2) is 34.8 Å². The van der Waals surface area contributed by atoms with Crippen molar-refractivity contribution in [2.45, 2.75) is 39.2 Å². The third kappa shape index (κ3) is 2.98. The van der Waals surface area contributed by atoms with Gasteiger partial charge < -0.3 is 10.2 Å². The van der Waals surface area contributed by atoms with Crippen molar-refractivity contribution in [1.29, 1.82) is 0 Å². The molecule has 5 heteroatoms. The molecule has 1 saturated heterocycles. The molecule has 1 unspecified atom stereocenters. The summed E-state index contributed by atoms with van der Waals surface area (Å²) in [7, 11) is 0. The summed E-state index contributed by atoms with van der Waals surface area (Å²) in [6.07, 6.45) is 5.26. The van der Waals surface area contributed by atoms with Crippen molar-refractivity contribution in [3.05, 3.63) is 30.1 Å². The molecule has 2 heterocycles. The molecule has 0 bridgehead atoms. The van der Waals surface area contributed by atoms with Gasteiger partial charge in [0.15, 0.2) is 0 Å². The highest BCUT2D eigenvalue weighted by molar-refractivity contribution is 6.07. The number of rotatable bonds is 4. The number of nitrogens with zero attached hydrogens (tertiary/aromatic N) is 2. The van der Waals surface area contributed by atoms with Gasteiger partial charge in [0, 0.05) is 19.3 Å². The highest BCUT2D eigenvalue weighted by atomic mass is 16.2. The SMILES string of the molecule is CC1CCCN(C(=O)C2(C(=O)NCc3ccccn3)CC2)C1. The second-order valence-corrected chi connectivity index (χ2v) is 6.58. The van der Waals surface area contributed by atoms with Crippen molar-refractivity contribution in [3.63, 3.8) is 0 Å². The van der Waals surface area contributed by atoms with E-state index in [1.165, 1.54) is 6.42 Å². The van der Waals surface area contributed by atoms with Gasteiger partial charge in [-0.2, -0.15) is 0 Å². The van der Waals surface area contributed by atoms with Crippen LogP contribution in [0.3, 0.4) is 0 Å². The Morgan fingerprint density at radius 1 is 1.41 bits per heavy atom. The lowest BCUT2D eigenvalue weighted by molar-refractivity contribution is -0.145. The summed E-state index contributed by atoms with van der Waals surface area (Å²) in [5.41, 5.74) is 0.0111. The zero-order chi connectivity index (χ0) is 15.6. The van der Waals surface area contributed by atoms with E-state index in [2.05, 4.69) is 17.2 Å². The fourth-order valence-electron chi connectivity index (χ4n) is 3.18. The molecule has 2 aliphatic rings. The average molecular weight is 301 g/mol. The van der Waals surface area contributed by atoms with E-state index in [-0.39, 0.29) is 11.8 Å². The Morgan fingerprint density at radius 3 is 2.86 bits per heavy atom. The molecule has 1 aromatic heterocycles. The van der Waals surface area contributed by atoms with Gasteiger partial charge in [0.05, 0.1) is 12.2 Å². The van der Waals surface area contributed by atoms with Crippen molar-refractivity contribution in [2.24, 2.45) is 11.3 Å². The number of amides is 2. The fourth-order valence-corrected chi connectivity index (χ4v) is 3.18. The molecule has 3 rings (SSSR count). The Morgan fingerprint density at radius 2 is 2.23 bits per heavy atom. The number of hydrogen-bond donors (Lipinski definition) is 1. The molecule has 1 aliphatic heterocycles. The maximum absolute atomic E-state index is 12.7. The van der Waals surface area contributed by atoms with E-state index in [4.69, 9.17) is 0 Å². The number of likely N-dealkylation sites (tertiary alicyclic amines) is 1. The Bertz CT molecular complexity index is 554. The molecular formula is C17H23N3O2. The summed E-state index contributed by atoms with van der Waals surface area (Å²) in [6, 6.07) is 5.60. The number of carbonyl (C=O) groups excluding carboxylic acids is 2. The Kier molecular flexibility index (Phi) is 4.14. The van der Waals surface area contributed by atoms with Gasteiger partial charge in [-0.15, -0.1) is 0 Å². The van der Waals surface area contributed by atoms with Crippen LogP contribution in [0.4, 0.5) is 0 Å². The average Bonchev–Trinajstić information content (AvgIpc) is 3.35. The zero-order valence-corrected chi connectivity index (χ0v) is 13.0. The van der Waals surface area contributed by atoms with E-state index in [0.717, 1.165) is 25.2 Å². The van der Waals surface area contributed by atoms with Crippen molar-refractivity contribution >= 4 is 11.8 Å². The number of pyridine rings is 1. The van der Waals surface area contributed by atoms with Crippen molar-refractivity contribution < 1.29 is 9.59 Å². The molecule has 0 spiro atoms. The number of piperidine rings is 1. The van der Waals surface area contributed by atoms with Crippen LogP contribution in [-0.2, 0) is 16.1 Å². The lowest BCUT2D eigenvalue weighted by atomic mass is 9.97. The number of hydrogen-bond acceptors (Lipinski definition) is 3. The summed E-state index contributed by atoms with van der Waals surface area (Å²) >= 11 is 0. The van der Waals surface area contributed by atoms with E-state index in [9.17, 15) is 9.59 Å². The zero-order valence-electron chi connectivity index (χ0n) is 13.0. The minimum Gasteiger partial charge on any atom is -0.350 e. The van der Waals surface area contributed by atoms with Crippen LogP contribution in [0.1, 0.15) is 38.3 Å². The predicted molar refractivity (Wildman–Crippen MR) is 82.7 cm³/mol. The van der Waals surface area contributed by atoms with Gasteiger partial charge in [-0.3, -0.25) is 14.6 Å². The fraction of sp³-hybridized carbons (Fsp3) is 0.588. The summed E-state index contributed by atoms with van der Waals surface area (Å²) in [5.74, 6) is 0.420. The number of nitrogens with one attached hydrogen (secondary N) is 1. The van der Waals surface area contributed by atoms with E-state index in [0.29, 0.717) is 25.3 Å².